The van der Waals surface area contributed by atoms with E-state index in [9.17, 15) is 0 Å². The molecule has 3 rings (SSSR count). The molecule has 0 saturated carbocycles. The van der Waals surface area contributed by atoms with E-state index < -0.39 is 0 Å². The summed E-state index contributed by atoms with van der Waals surface area (Å²) in [5.41, 5.74) is 6.45. The van der Waals surface area contributed by atoms with E-state index in [0.717, 1.165) is 12.6 Å². The Morgan fingerprint density at radius 2 is 2.40 bits per heavy atom. The Bertz CT molecular complexity index is 433. The number of piperidine rings is 1. The molecule has 0 aromatic carbocycles. The Balaban J connectivity index is 1.78. The molecule has 112 valence electrons. The molecule has 0 bridgehead atoms. The largest absolute Gasteiger partial charge is 0.329 e. The smallest absolute Gasteiger partial charge is 0.0416 e. The topological polar surface area (TPSA) is 32.5 Å². The highest BCUT2D eigenvalue weighted by atomic mass is 32.1. The van der Waals surface area contributed by atoms with Crippen molar-refractivity contribution in [1.29, 1.82) is 0 Å². The second kappa shape index (κ2) is 5.76. The van der Waals surface area contributed by atoms with Crippen molar-refractivity contribution in [2.24, 2.45) is 5.73 Å². The first kappa shape index (κ1) is 14.5. The molecule has 3 atom stereocenters. The number of fused-ring (bicyclic) bond motifs is 1. The molecule has 0 aliphatic carbocycles. The van der Waals surface area contributed by atoms with E-state index in [0.29, 0.717) is 6.04 Å². The molecule has 2 fully saturated rings. The van der Waals surface area contributed by atoms with Gasteiger partial charge in [0.25, 0.3) is 0 Å². The van der Waals surface area contributed by atoms with E-state index >= 15 is 0 Å². The van der Waals surface area contributed by atoms with Gasteiger partial charge in [0, 0.05) is 35.6 Å². The maximum absolute atomic E-state index is 6.26. The van der Waals surface area contributed by atoms with Crippen LogP contribution in [-0.4, -0.2) is 48.1 Å². The summed E-state index contributed by atoms with van der Waals surface area (Å²) in [7, 11) is 2.28. The molecule has 3 nitrogen and oxygen atoms in total. The molecule has 20 heavy (non-hydrogen) atoms. The summed E-state index contributed by atoms with van der Waals surface area (Å²) in [5, 5.41) is 2.17. The standard InChI is InChI=1S/C16H27N3S/c1-13(15-6-4-10-20-15)18(2)16(12-17)7-9-19-8-3-5-14(19)11-16/h4,6,10,13-14H,3,5,7-9,11-12,17H2,1-2H3. The van der Waals surface area contributed by atoms with Crippen molar-refractivity contribution in [2.75, 3.05) is 26.7 Å². The van der Waals surface area contributed by atoms with Gasteiger partial charge in [-0.25, -0.2) is 0 Å². The average Bonchev–Trinajstić information content (AvgIpc) is 3.15. The van der Waals surface area contributed by atoms with Gasteiger partial charge in [0.2, 0.25) is 0 Å². The summed E-state index contributed by atoms with van der Waals surface area (Å²) in [6, 6.07) is 5.64. The quantitative estimate of drug-likeness (QED) is 0.926. The third kappa shape index (κ3) is 2.43. The van der Waals surface area contributed by atoms with Gasteiger partial charge in [0.1, 0.15) is 0 Å². The van der Waals surface area contributed by atoms with E-state index in [-0.39, 0.29) is 5.54 Å². The summed E-state index contributed by atoms with van der Waals surface area (Å²) < 4.78 is 0. The second-order valence-corrected chi connectivity index (χ2v) is 7.50. The number of hydrogen-bond donors (Lipinski definition) is 1. The monoisotopic (exact) mass is 293 g/mol. The van der Waals surface area contributed by atoms with Crippen LogP contribution in [0.2, 0.25) is 0 Å². The molecule has 2 N–H and O–H groups in total. The normalized spacial score (nSPS) is 32.5. The molecule has 0 amide bonds. The maximum atomic E-state index is 6.26. The minimum absolute atomic E-state index is 0.189. The van der Waals surface area contributed by atoms with Crippen LogP contribution in [0, 0.1) is 0 Å². The van der Waals surface area contributed by atoms with Crippen molar-refractivity contribution in [3.63, 3.8) is 0 Å². The fourth-order valence-corrected chi connectivity index (χ4v) is 4.92. The summed E-state index contributed by atoms with van der Waals surface area (Å²) in [6.07, 6.45) is 5.19. The highest BCUT2D eigenvalue weighted by Crippen LogP contribution is 2.39. The van der Waals surface area contributed by atoms with Crippen molar-refractivity contribution in [1.82, 2.24) is 9.80 Å². The average molecular weight is 293 g/mol. The van der Waals surface area contributed by atoms with E-state index in [1.165, 1.54) is 43.6 Å². The van der Waals surface area contributed by atoms with Gasteiger partial charge in [0.15, 0.2) is 0 Å². The van der Waals surface area contributed by atoms with E-state index in [2.05, 4.69) is 41.3 Å². The zero-order valence-corrected chi connectivity index (χ0v) is 13.5. The van der Waals surface area contributed by atoms with Crippen molar-refractivity contribution >= 4 is 11.3 Å². The number of nitrogens with zero attached hydrogens (tertiary/aromatic N) is 2. The van der Waals surface area contributed by atoms with Gasteiger partial charge in [0.05, 0.1) is 0 Å². The SMILES string of the molecule is CC(c1cccs1)N(C)C1(CN)CCN2CCCC2C1. The Morgan fingerprint density at radius 3 is 3.10 bits per heavy atom. The van der Waals surface area contributed by atoms with Crippen molar-refractivity contribution < 1.29 is 0 Å². The number of hydrogen-bond acceptors (Lipinski definition) is 4. The van der Waals surface area contributed by atoms with Gasteiger partial charge in [-0.2, -0.15) is 0 Å². The van der Waals surface area contributed by atoms with Gasteiger partial charge in [-0.1, -0.05) is 6.07 Å². The number of likely N-dealkylation sites (N-methyl/N-ethyl adjacent to an activating group) is 1. The van der Waals surface area contributed by atoms with Crippen molar-refractivity contribution in [3.8, 4) is 0 Å². The predicted molar refractivity (Wildman–Crippen MR) is 86.1 cm³/mol. The lowest BCUT2D eigenvalue weighted by atomic mass is 9.81. The van der Waals surface area contributed by atoms with E-state index in [4.69, 9.17) is 5.73 Å². The molecule has 0 radical (unpaired) electrons. The number of thiophene rings is 1. The summed E-state index contributed by atoms with van der Waals surface area (Å²) >= 11 is 1.86. The van der Waals surface area contributed by atoms with Gasteiger partial charge >= 0.3 is 0 Å². The lowest BCUT2D eigenvalue weighted by Gasteiger charge is -2.50. The fraction of sp³-hybridized carbons (Fsp3) is 0.750. The zero-order chi connectivity index (χ0) is 14.2. The lowest BCUT2D eigenvalue weighted by Crippen LogP contribution is -2.60. The molecule has 2 aliphatic heterocycles. The Hall–Kier alpha value is -0.420. The molecule has 2 aliphatic rings. The van der Waals surface area contributed by atoms with Crippen LogP contribution >= 0.6 is 11.3 Å². The van der Waals surface area contributed by atoms with Crippen LogP contribution in [-0.2, 0) is 0 Å². The predicted octanol–water partition coefficient (Wildman–Crippen LogP) is 2.70. The second-order valence-electron chi connectivity index (χ2n) is 6.52. The van der Waals surface area contributed by atoms with E-state index in [1.807, 2.05) is 11.3 Å². The zero-order valence-electron chi connectivity index (χ0n) is 12.7. The van der Waals surface area contributed by atoms with E-state index in [1.54, 1.807) is 0 Å². The molecular formula is C16H27N3S. The number of rotatable bonds is 4. The third-order valence-corrected chi connectivity index (χ3v) is 6.69. The number of nitrogens with two attached hydrogens (primary N) is 1. The van der Waals surface area contributed by atoms with Crippen molar-refractivity contribution in [3.05, 3.63) is 22.4 Å². The fourth-order valence-electron chi connectivity index (χ4n) is 4.09. The van der Waals surface area contributed by atoms with Crippen LogP contribution in [0.1, 0.15) is 43.5 Å². The van der Waals surface area contributed by atoms with Gasteiger partial charge < -0.3 is 10.6 Å². The Morgan fingerprint density at radius 1 is 1.55 bits per heavy atom. The van der Waals surface area contributed by atoms with Crippen molar-refractivity contribution in [2.45, 2.75) is 50.2 Å². The maximum Gasteiger partial charge on any atom is 0.0416 e. The molecule has 0 spiro atoms. The highest BCUT2D eigenvalue weighted by Gasteiger charge is 2.44. The van der Waals surface area contributed by atoms with Crippen LogP contribution in [0.5, 0.6) is 0 Å². The van der Waals surface area contributed by atoms with Crippen LogP contribution in [0.3, 0.4) is 0 Å². The molecule has 4 heteroatoms. The summed E-state index contributed by atoms with van der Waals surface area (Å²) in [6.45, 7) is 5.63. The Labute approximate surface area is 126 Å². The summed E-state index contributed by atoms with van der Waals surface area (Å²) in [4.78, 5) is 6.70. The Kier molecular flexibility index (Phi) is 4.18. The first-order chi connectivity index (χ1) is 9.66. The van der Waals surface area contributed by atoms with Gasteiger partial charge in [-0.3, -0.25) is 4.90 Å². The van der Waals surface area contributed by atoms with Crippen LogP contribution in [0.4, 0.5) is 0 Å². The van der Waals surface area contributed by atoms with Gasteiger partial charge in [-0.15, -0.1) is 11.3 Å². The minimum Gasteiger partial charge on any atom is -0.329 e. The highest BCUT2D eigenvalue weighted by molar-refractivity contribution is 7.10. The molecular weight excluding hydrogens is 266 g/mol. The molecule has 2 saturated heterocycles. The third-order valence-electron chi connectivity index (χ3n) is 5.64. The summed E-state index contributed by atoms with van der Waals surface area (Å²) in [5.74, 6) is 0. The molecule has 3 heterocycles. The first-order valence-electron chi connectivity index (χ1n) is 7.87. The molecule has 1 aromatic rings. The van der Waals surface area contributed by atoms with Crippen LogP contribution < -0.4 is 5.73 Å². The molecule has 3 unspecified atom stereocenters. The lowest BCUT2D eigenvalue weighted by molar-refractivity contribution is 0.00548. The molecule has 1 aromatic heterocycles. The van der Waals surface area contributed by atoms with Crippen LogP contribution in [0.25, 0.3) is 0 Å². The first-order valence-corrected chi connectivity index (χ1v) is 8.75. The van der Waals surface area contributed by atoms with Gasteiger partial charge in [-0.05, 0) is 57.6 Å². The minimum atomic E-state index is 0.189. The van der Waals surface area contributed by atoms with Crippen LogP contribution in [0.15, 0.2) is 17.5 Å².